The Morgan fingerprint density at radius 1 is 0.722 bits per heavy atom. The van der Waals surface area contributed by atoms with Gasteiger partial charge >= 0.3 is 6.36 Å². The monoisotopic (exact) mass is 522 g/mol. The molecule has 2 fully saturated rings. The van der Waals surface area contributed by atoms with Gasteiger partial charge in [-0.2, -0.15) is 0 Å². The minimum atomic E-state index is -4.64. The van der Waals surface area contributed by atoms with E-state index in [9.17, 15) is 13.2 Å². The Balaban J connectivity index is 1.15. The second-order valence-electron chi connectivity index (χ2n) is 9.96. The molecule has 36 heavy (non-hydrogen) atoms. The highest BCUT2D eigenvalue weighted by atomic mass is 35.5. The maximum atomic E-state index is 12.4. The van der Waals surface area contributed by atoms with E-state index in [2.05, 4.69) is 4.74 Å². The van der Waals surface area contributed by atoms with E-state index >= 15 is 0 Å². The first-order valence-electron chi connectivity index (χ1n) is 12.9. The first-order chi connectivity index (χ1) is 17.4. The predicted molar refractivity (Wildman–Crippen MR) is 136 cm³/mol. The average molecular weight is 523 g/mol. The lowest BCUT2D eigenvalue weighted by Crippen LogP contribution is -2.27. The quantitative estimate of drug-likeness (QED) is 0.329. The highest BCUT2D eigenvalue weighted by Crippen LogP contribution is 2.44. The third kappa shape index (κ3) is 8.09. The van der Waals surface area contributed by atoms with Gasteiger partial charge in [-0.3, -0.25) is 0 Å². The lowest BCUT2D eigenvalue weighted by atomic mass is 9.68. The van der Waals surface area contributed by atoms with E-state index < -0.39 is 6.36 Å². The van der Waals surface area contributed by atoms with Crippen LogP contribution in [0.2, 0.25) is 0 Å². The van der Waals surface area contributed by atoms with Crippen molar-refractivity contribution in [2.75, 3.05) is 13.2 Å². The smallest absolute Gasteiger partial charge is 0.493 e. The first-order valence-corrected chi connectivity index (χ1v) is 13.3. The number of rotatable bonds is 9. The molecule has 2 aromatic rings. The Hall–Kier alpha value is -2.34. The van der Waals surface area contributed by atoms with Crippen LogP contribution in [-0.2, 0) is 0 Å². The third-order valence-electron chi connectivity index (χ3n) is 7.66. The predicted octanol–water partition coefficient (Wildman–Crippen LogP) is 8.88. The summed E-state index contributed by atoms with van der Waals surface area (Å²) in [6.45, 7) is 1.20. The van der Waals surface area contributed by atoms with Gasteiger partial charge in [0.15, 0.2) is 0 Å². The summed E-state index contributed by atoms with van der Waals surface area (Å²) in [5, 5.41) is 0. The van der Waals surface area contributed by atoms with Crippen LogP contribution in [0.25, 0.3) is 0 Å². The van der Waals surface area contributed by atoms with Crippen LogP contribution >= 0.6 is 11.6 Å². The number of hydrogen-bond donors (Lipinski definition) is 0. The zero-order valence-corrected chi connectivity index (χ0v) is 21.1. The molecule has 0 N–H and O–H groups in total. The summed E-state index contributed by atoms with van der Waals surface area (Å²) in [5.74, 6) is 4.08. The number of hydrogen-bond acceptors (Lipinski definition) is 3. The van der Waals surface area contributed by atoms with Crippen molar-refractivity contribution >= 4 is 11.6 Å². The van der Waals surface area contributed by atoms with Gasteiger partial charge in [-0.15, -0.1) is 13.2 Å². The Kier molecular flexibility index (Phi) is 9.47. The van der Waals surface area contributed by atoms with E-state index in [4.69, 9.17) is 21.1 Å². The van der Waals surface area contributed by atoms with Gasteiger partial charge in [0, 0.05) is 5.54 Å². The van der Waals surface area contributed by atoms with Crippen molar-refractivity contribution in [2.45, 2.75) is 63.6 Å². The summed E-state index contributed by atoms with van der Waals surface area (Å²) >= 11 is 5.50. The molecule has 0 unspecified atom stereocenters. The maximum Gasteiger partial charge on any atom is 0.573 e. The second-order valence-corrected chi connectivity index (χ2v) is 10.2. The molecule has 7 heteroatoms. The first kappa shape index (κ1) is 26.7. The Morgan fingerprint density at radius 2 is 1.25 bits per heavy atom. The van der Waals surface area contributed by atoms with E-state index in [-0.39, 0.29) is 5.75 Å². The topological polar surface area (TPSA) is 27.7 Å². The summed E-state index contributed by atoms with van der Waals surface area (Å²) < 4.78 is 52.7. The van der Waals surface area contributed by atoms with Crippen LogP contribution < -0.4 is 14.2 Å². The minimum absolute atomic E-state index is 0.150. The van der Waals surface area contributed by atoms with E-state index in [1.165, 1.54) is 56.2 Å². The van der Waals surface area contributed by atoms with Gasteiger partial charge in [0.25, 0.3) is 0 Å². The molecule has 0 aromatic heterocycles. The molecular weight excluding hydrogens is 489 g/mol. The molecule has 0 aliphatic heterocycles. The van der Waals surface area contributed by atoms with Gasteiger partial charge < -0.3 is 14.2 Å². The molecule has 0 atom stereocenters. The molecule has 3 nitrogen and oxygen atoms in total. The van der Waals surface area contributed by atoms with Gasteiger partial charge in [0.1, 0.15) is 23.9 Å². The molecule has 4 rings (SSSR count). The molecule has 0 heterocycles. The van der Waals surface area contributed by atoms with E-state index in [0.29, 0.717) is 18.4 Å². The van der Waals surface area contributed by atoms with Gasteiger partial charge in [0.05, 0.1) is 6.61 Å². The van der Waals surface area contributed by atoms with Crippen molar-refractivity contribution < 1.29 is 27.4 Å². The Morgan fingerprint density at radius 3 is 1.81 bits per heavy atom. The van der Waals surface area contributed by atoms with Gasteiger partial charge in [-0.25, -0.2) is 0 Å². The maximum absolute atomic E-state index is 12.4. The normalized spacial score (nSPS) is 25.0. The van der Waals surface area contributed by atoms with Crippen molar-refractivity contribution in [1.29, 1.82) is 0 Å². The third-order valence-corrected chi connectivity index (χ3v) is 7.84. The van der Waals surface area contributed by atoms with Crippen molar-refractivity contribution in [1.82, 2.24) is 0 Å². The Labute approximate surface area is 216 Å². The van der Waals surface area contributed by atoms with Crippen LogP contribution in [0.4, 0.5) is 13.2 Å². The minimum Gasteiger partial charge on any atom is -0.493 e. The lowest BCUT2D eigenvalue weighted by molar-refractivity contribution is -0.274. The summed E-state index contributed by atoms with van der Waals surface area (Å²) in [6, 6.07) is 14.2. The fourth-order valence-electron chi connectivity index (χ4n) is 5.72. The molecule has 0 radical (unpaired) electrons. The van der Waals surface area contributed by atoms with Gasteiger partial charge in [-0.05, 0) is 123 Å². The molecule has 0 bridgehead atoms. The van der Waals surface area contributed by atoms with Gasteiger partial charge in [-0.1, -0.05) is 23.7 Å². The zero-order chi connectivity index (χ0) is 25.4. The summed E-state index contributed by atoms with van der Waals surface area (Å²) in [7, 11) is 0. The fourth-order valence-corrected chi connectivity index (χ4v) is 5.79. The Bertz CT molecular complexity index is 943. The van der Waals surface area contributed by atoms with Crippen molar-refractivity contribution in [3.8, 4) is 17.2 Å². The summed E-state index contributed by atoms with van der Waals surface area (Å²) in [6.07, 6.45) is 6.64. The molecule has 0 spiro atoms. The van der Waals surface area contributed by atoms with Crippen molar-refractivity contribution in [3.63, 3.8) is 0 Å². The standard InChI is InChI=1S/C29H34ClF3O3/c30-18-1-19-34-26-14-16-27(17-15-26)35-20-21-2-4-22(5-3-21)23-6-8-24(9-7-23)25-10-12-28(13-11-25)36-29(31,32)33/h1,10-18,21-24H,2-9,19-20H2. The average Bonchev–Trinajstić information content (AvgIpc) is 2.88. The molecule has 0 amide bonds. The number of alkyl halides is 3. The lowest BCUT2D eigenvalue weighted by Gasteiger charge is -2.38. The summed E-state index contributed by atoms with van der Waals surface area (Å²) in [4.78, 5) is 0. The van der Waals surface area contributed by atoms with E-state index in [1.54, 1.807) is 18.2 Å². The highest BCUT2D eigenvalue weighted by Gasteiger charge is 2.33. The van der Waals surface area contributed by atoms with Crippen LogP contribution in [0.15, 0.2) is 60.1 Å². The van der Waals surface area contributed by atoms with E-state index in [0.717, 1.165) is 48.3 Å². The van der Waals surface area contributed by atoms with Gasteiger partial charge in [0.2, 0.25) is 0 Å². The van der Waals surface area contributed by atoms with Crippen LogP contribution in [0.1, 0.15) is 62.8 Å². The van der Waals surface area contributed by atoms with Crippen LogP contribution in [0, 0.1) is 17.8 Å². The van der Waals surface area contributed by atoms with E-state index in [1.807, 2.05) is 24.3 Å². The summed E-state index contributed by atoms with van der Waals surface area (Å²) in [5.41, 5.74) is 2.57. The van der Waals surface area contributed by atoms with Crippen molar-refractivity contribution in [3.05, 3.63) is 65.7 Å². The number of benzene rings is 2. The molecule has 2 saturated carbocycles. The molecule has 2 aromatic carbocycles. The number of ether oxygens (including phenoxy) is 3. The van der Waals surface area contributed by atoms with Crippen LogP contribution in [0.3, 0.4) is 0 Å². The SMILES string of the molecule is FC(F)(F)Oc1ccc(C2CCC(C3CCC(COc4ccc(OCC=CCl)cc4)CC3)CC2)cc1. The van der Waals surface area contributed by atoms with Crippen LogP contribution in [0.5, 0.6) is 17.2 Å². The van der Waals surface area contributed by atoms with Crippen LogP contribution in [-0.4, -0.2) is 19.6 Å². The highest BCUT2D eigenvalue weighted by molar-refractivity contribution is 6.25. The fraction of sp³-hybridized carbons (Fsp3) is 0.517. The second kappa shape index (κ2) is 12.8. The molecular formula is C29H34ClF3O3. The molecule has 2 aliphatic rings. The largest absolute Gasteiger partial charge is 0.573 e. The molecule has 2 aliphatic carbocycles. The molecule has 196 valence electrons. The molecule has 0 saturated heterocycles. The number of halogens is 4. The van der Waals surface area contributed by atoms with Crippen molar-refractivity contribution in [2.24, 2.45) is 17.8 Å². The zero-order valence-electron chi connectivity index (χ0n) is 20.4.